The molecule has 1 rings (SSSR count). The minimum absolute atomic E-state index is 0.193. The van der Waals surface area contributed by atoms with Crippen molar-refractivity contribution in [3.8, 4) is 5.75 Å². The first kappa shape index (κ1) is 15.1. The molecule has 0 aliphatic carbocycles. The van der Waals surface area contributed by atoms with E-state index in [4.69, 9.17) is 22.1 Å². The smallest absolute Gasteiger partial charge is 0.138 e. The van der Waals surface area contributed by atoms with Crippen molar-refractivity contribution in [3.63, 3.8) is 0 Å². The maximum Gasteiger partial charge on any atom is 0.138 e. The molecule has 1 aromatic carbocycles. The fraction of sp³-hybridized carbons (Fsp3) is 0.467. The molecule has 0 heterocycles. The Bertz CT molecular complexity index is 411. The van der Waals surface area contributed by atoms with Gasteiger partial charge in [0.25, 0.3) is 0 Å². The van der Waals surface area contributed by atoms with E-state index in [2.05, 4.69) is 6.92 Å². The summed E-state index contributed by atoms with van der Waals surface area (Å²) in [6, 6.07) is 6.08. The van der Waals surface area contributed by atoms with E-state index in [9.17, 15) is 0 Å². The first-order valence-electron chi connectivity index (χ1n) is 6.33. The van der Waals surface area contributed by atoms with Gasteiger partial charge in [-0.2, -0.15) is 0 Å². The SMILES string of the molecule is CCC(N)Cc1ccc(OCC=C(C)C)c(Cl)c1. The van der Waals surface area contributed by atoms with Crippen LogP contribution in [0.2, 0.25) is 5.02 Å². The lowest BCUT2D eigenvalue weighted by molar-refractivity contribution is 0.362. The quantitative estimate of drug-likeness (QED) is 0.792. The Labute approximate surface area is 115 Å². The highest BCUT2D eigenvalue weighted by Gasteiger charge is 2.05. The normalized spacial score (nSPS) is 12.1. The molecular weight excluding hydrogens is 246 g/mol. The monoisotopic (exact) mass is 267 g/mol. The molecule has 18 heavy (non-hydrogen) atoms. The molecule has 100 valence electrons. The van der Waals surface area contributed by atoms with Crippen LogP contribution in [0.5, 0.6) is 5.75 Å². The van der Waals surface area contributed by atoms with Crippen molar-refractivity contribution in [1.29, 1.82) is 0 Å². The molecule has 0 radical (unpaired) electrons. The van der Waals surface area contributed by atoms with Gasteiger partial charge in [0.1, 0.15) is 12.4 Å². The fourth-order valence-electron chi connectivity index (χ4n) is 1.53. The highest BCUT2D eigenvalue weighted by atomic mass is 35.5. The highest BCUT2D eigenvalue weighted by molar-refractivity contribution is 6.32. The summed E-state index contributed by atoms with van der Waals surface area (Å²) in [5, 5.41) is 0.651. The van der Waals surface area contributed by atoms with Crippen molar-refractivity contribution in [3.05, 3.63) is 40.4 Å². The summed E-state index contributed by atoms with van der Waals surface area (Å²) in [5.41, 5.74) is 8.31. The molecule has 0 bridgehead atoms. The number of benzene rings is 1. The van der Waals surface area contributed by atoms with Gasteiger partial charge in [0.2, 0.25) is 0 Å². The average molecular weight is 268 g/mol. The molecule has 1 unspecified atom stereocenters. The largest absolute Gasteiger partial charge is 0.488 e. The molecule has 2 N–H and O–H groups in total. The number of ether oxygens (including phenoxy) is 1. The van der Waals surface area contributed by atoms with Crippen LogP contribution in [0.15, 0.2) is 29.8 Å². The number of nitrogens with two attached hydrogens (primary N) is 1. The summed E-state index contributed by atoms with van der Waals surface area (Å²) in [6.07, 6.45) is 3.85. The van der Waals surface area contributed by atoms with Crippen molar-refractivity contribution in [2.75, 3.05) is 6.61 Å². The van der Waals surface area contributed by atoms with Gasteiger partial charge >= 0.3 is 0 Å². The summed E-state index contributed by atoms with van der Waals surface area (Å²) in [6.45, 7) is 6.72. The lowest BCUT2D eigenvalue weighted by atomic mass is 10.0. The molecule has 0 aromatic heterocycles. The van der Waals surface area contributed by atoms with E-state index in [1.54, 1.807) is 0 Å². The van der Waals surface area contributed by atoms with Crippen molar-refractivity contribution >= 4 is 11.6 Å². The van der Waals surface area contributed by atoms with Crippen molar-refractivity contribution < 1.29 is 4.74 Å². The molecule has 1 aromatic rings. The second-order valence-corrected chi connectivity index (χ2v) is 5.14. The summed E-state index contributed by atoms with van der Waals surface area (Å²) in [5.74, 6) is 0.725. The fourth-order valence-corrected chi connectivity index (χ4v) is 1.79. The van der Waals surface area contributed by atoms with Crippen molar-refractivity contribution in [1.82, 2.24) is 0 Å². The second kappa shape index (κ2) is 7.45. The van der Waals surface area contributed by atoms with Crippen LogP contribution in [-0.2, 0) is 6.42 Å². The standard InChI is InChI=1S/C15H22ClNO/c1-4-13(17)9-12-5-6-15(14(16)10-12)18-8-7-11(2)3/h5-7,10,13H,4,8-9,17H2,1-3H3. The third-order valence-corrected chi connectivity index (χ3v) is 3.04. The van der Waals surface area contributed by atoms with Gasteiger partial charge in [0.15, 0.2) is 0 Å². The second-order valence-electron chi connectivity index (χ2n) is 4.73. The van der Waals surface area contributed by atoms with E-state index >= 15 is 0 Å². The van der Waals surface area contributed by atoms with Crippen LogP contribution in [0.1, 0.15) is 32.8 Å². The number of hydrogen-bond acceptors (Lipinski definition) is 2. The molecule has 0 spiro atoms. The molecule has 0 aliphatic rings. The van der Waals surface area contributed by atoms with Gasteiger partial charge in [0.05, 0.1) is 5.02 Å². The van der Waals surface area contributed by atoms with Gasteiger partial charge in [-0.15, -0.1) is 0 Å². The topological polar surface area (TPSA) is 35.2 Å². The predicted octanol–water partition coefficient (Wildman–Crippen LogP) is 3.96. The van der Waals surface area contributed by atoms with E-state index in [1.807, 2.05) is 38.1 Å². The molecule has 1 atom stereocenters. The Balaban J connectivity index is 2.65. The molecule has 0 fully saturated rings. The van der Waals surface area contributed by atoms with Gasteiger partial charge in [-0.3, -0.25) is 0 Å². The molecule has 3 heteroatoms. The van der Waals surface area contributed by atoms with Crippen LogP contribution in [0.25, 0.3) is 0 Å². The minimum Gasteiger partial charge on any atom is -0.488 e. The molecule has 0 aliphatic heterocycles. The van der Waals surface area contributed by atoms with Gasteiger partial charge < -0.3 is 10.5 Å². The average Bonchev–Trinajstić information content (AvgIpc) is 2.31. The van der Waals surface area contributed by atoms with E-state index in [1.165, 1.54) is 5.57 Å². The van der Waals surface area contributed by atoms with Crippen molar-refractivity contribution in [2.24, 2.45) is 5.73 Å². The van der Waals surface area contributed by atoms with Gasteiger partial charge in [-0.1, -0.05) is 30.2 Å². The van der Waals surface area contributed by atoms with Crippen LogP contribution < -0.4 is 10.5 Å². The Morgan fingerprint density at radius 3 is 2.72 bits per heavy atom. The number of hydrogen-bond donors (Lipinski definition) is 1. The third-order valence-electron chi connectivity index (χ3n) is 2.75. The lowest BCUT2D eigenvalue weighted by Gasteiger charge is -2.11. The summed E-state index contributed by atoms with van der Waals surface area (Å²) >= 11 is 6.18. The number of allylic oxidation sites excluding steroid dienone is 1. The summed E-state index contributed by atoms with van der Waals surface area (Å²) in [4.78, 5) is 0. The van der Waals surface area contributed by atoms with Gasteiger partial charge in [-0.25, -0.2) is 0 Å². The van der Waals surface area contributed by atoms with Crippen LogP contribution in [-0.4, -0.2) is 12.6 Å². The Morgan fingerprint density at radius 1 is 1.44 bits per heavy atom. The molecule has 0 saturated heterocycles. The Kier molecular flexibility index (Phi) is 6.23. The van der Waals surface area contributed by atoms with Crippen LogP contribution in [0, 0.1) is 0 Å². The molecule has 2 nitrogen and oxygen atoms in total. The molecule has 0 amide bonds. The van der Waals surface area contributed by atoms with E-state index in [-0.39, 0.29) is 6.04 Å². The first-order chi connectivity index (χ1) is 8.52. The zero-order valence-electron chi connectivity index (χ0n) is 11.4. The maximum absolute atomic E-state index is 6.18. The first-order valence-corrected chi connectivity index (χ1v) is 6.71. The van der Waals surface area contributed by atoms with Crippen molar-refractivity contribution in [2.45, 2.75) is 39.7 Å². The van der Waals surface area contributed by atoms with Gasteiger partial charge in [0, 0.05) is 6.04 Å². The third kappa shape index (κ3) is 5.11. The zero-order valence-corrected chi connectivity index (χ0v) is 12.1. The Morgan fingerprint density at radius 2 is 2.17 bits per heavy atom. The number of halogens is 1. The summed E-state index contributed by atoms with van der Waals surface area (Å²) in [7, 11) is 0. The van der Waals surface area contributed by atoms with Crippen LogP contribution in [0.3, 0.4) is 0 Å². The zero-order chi connectivity index (χ0) is 13.5. The summed E-state index contributed by atoms with van der Waals surface area (Å²) < 4.78 is 5.59. The highest BCUT2D eigenvalue weighted by Crippen LogP contribution is 2.26. The van der Waals surface area contributed by atoms with E-state index in [0.717, 1.165) is 24.2 Å². The van der Waals surface area contributed by atoms with E-state index in [0.29, 0.717) is 11.6 Å². The Hall–Kier alpha value is -0.990. The van der Waals surface area contributed by atoms with Crippen LogP contribution >= 0.6 is 11.6 Å². The molecule has 0 saturated carbocycles. The predicted molar refractivity (Wildman–Crippen MR) is 78.3 cm³/mol. The van der Waals surface area contributed by atoms with E-state index < -0.39 is 0 Å². The number of rotatable bonds is 6. The molecular formula is C15H22ClNO. The van der Waals surface area contributed by atoms with Crippen LogP contribution in [0.4, 0.5) is 0 Å². The lowest BCUT2D eigenvalue weighted by Crippen LogP contribution is -2.21. The minimum atomic E-state index is 0.193. The maximum atomic E-state index is 6.18. The van der Waals surface area contributed by atoms with Gasteiger partial charge in [-0.05, 0) is 50.5 Å².